The predicted octanol–water partition coefficient (Wildman–Crippen LogP) is 6.15. The van der Waals surface area contributed by atoms with Crippen LogP contribution in [0.2, 0.25) is 5.02 Å². The lowest BCUT2D eigenvalue weighted by Gasteiger charge is -2.32. The minimum Gasteiger partial charge on any atom is -0.487 e. The second-order valence-corrected chi connectivity index (χ2v) is 13.3. The standard InChI is InChI=1S/C31H28ClFN4O4S/c32-27-16-25(5-7-29(27)41-18-21-2-1-3-24(33)14-21)36-30-26-15-22(4-6-28(26)34-20-35-30)23-8-11-37(17-23)19-31(38)9-12-42(39,40)13-10-31/h1-8,11,14-17,20,38H,9-10,12-13,18-19H2,(H,34,35,36). The topological polar surface area (TPSA) is 106 Å². The molecule has 5 aromatic rings. The molecule has 3 heterocycles. The van der Waals surface area contributed by atoms with E-state index >= 15 is 0 Å². The Kier molecular flexibility index (Phi) is 7.61. The molecule has 1 aliphatic heterocycles. The number of fused-ring (bicyclic) bond motifs is 1. The minimum atomic E-state index is -3.06. The Balaban J connectivity index is 1.18. The van der Waals surface area contributed by atoms with Crippen LogP contribution in [0.4, 0.5) is 15.9 Å². The van der Waals surface area contributed by atoms with Crippen LogP contribution in [-0.2, 0) is 23.0 Å². The van der Waals surface area contributed by atoms with E-state index in [0.717, 1.165) is 22.0 Å². The Morgan fingerprint density at radius 3 is 2.64 bits per heavy atom. The number of anilines is 2. The number of aromatic nitrogens is 3. The number of sulfone groups is 1. The fraction of sp³-hybridized carbons (Fsp3) is 0.226. The highest BCUT2D eigenvalue weighted by molar-refractivity contribution is 7.91. The zero-order valence-corrected chi connectivity index (χ0v) is 24.1. The normalized spacial score (nSPS) is 15.9. The molecule has 1 aliphatic rings. The van der Waals surface area contributed by atoms with Crippen molar-refractivity contribution >= 4 is 43.8 Å². The molecule has 0 atom stereocenters. The first-order valence-corrected chi connectivity index (χ1v) is 15.6. The zero-order valence-electron chi connectivity index (χ0n) is 22.5. The Morgan fingerprint density at radius 1 is 1.02 bits per heavy atom. The first kappa shape index (κ1) is 28.1. The lowest BCUT2D eigenvalue weighted by Crippen LogP contribution is -2.42. The maximum atomic E-state index is 13.5. The Morgan fingerprint density at radius 2 is 1.86 bits per heavy atom. The number of halogens is 2. The van der Waals surface area contributed by atoms with Gasteiger partial charge in [0.1, 0.15) is 30.3 Å². The molecule has 1 saturated heterocycles. The summed E-state index contributed by atoms with van der Waals surface area (Å²) in [6, 6.07) is 19.4. The molecule has 3 aromatic carbocycles. The summed E-state index contributed by atoms with van der Waals surface area (Å²) in [7, 11) is -3.06. The van der Waals surface area contributed by atoms with Crippen molar-refractivity contribution < 1.29 is 22.7 Å². The second-order valence-electron chi connectivity index (χ2n) is 10.6. The van der Waals surface area contributed by atoms with Gasteiger partial charge in [0, 0.05) is 23.5 Å². The molecule has 216 valence electrons. The van der Waals surface area contributed by atoms with Gasteiger partial charge in [-0.1, -0.05) is 29.8 Å². The smallest absolute Gasteiger partial charge is 0.150 e. The number of rotatable bonds is 8. The molecule has 0 saturated carbocycles. The molecule has 1 fully saturated rings. The van der Waals surface area contributed by atoms with Crippen LogP contribution < -0.4 is 10.1 Å². The van der Waals surface area contributed by atoms with Gasteiger partial charge in [0.25, 0.3) is 0 Å². The number of benzene rings is 3. The number of hydrogen-bond acceptors (Lipinski definition) is 7. The third-order valence-electron chi connectivity index (χ3n) is 7.43. The molecule has 0 amide bonds. The van der Waals surface area contributed by atoms with E-state index in [1.807, 2.05) is 47.3 Å². The molecule has 0 bridgehead atoms. The molecule has 6 rings (SSSR count). The van der Waals surface area contributed by atoms with E-state index in [4.69, 9.17) is 16.3 Å². The molecule has 2 aromatic heterocycles. The fourth-order valence-corrected chi connectivity index (χ4v) is 6.90. The largest absolute Gasteiger partial charge is 0.487 e. The van der Waals surface area contributed by atoms with E-state index in [2.05, 4.69) is 15.3 Å². The fourth-order valence-electron chi connectivity index (χ4n) is 5.08. The van der Waals surface area contributed by atoms with E-state index in [1.165, 1.54) is 18.5 Å². The van der Waals surface area contributed by atoms with Gasteiger partial charge in [-0.25, -0.2) is 22.8 Å². The van der Waals surface area contributed by atoms with Gasteiger partial charge in [0.2, 0.25) is 0 Å². The maximum absolute atomic E-state index is 13.5. The number of aliphatic hydroxyl groups is 1. The van der Waals surface area contributed by atoms with Crippen LogP contribution >= 0.6 is 11.6 Å². The molecule has 0 unspecified atom stereocenters. The summed E-state index contributed by atoms with van der Waals surface area (Å²) < 4.78 is 44.7. The average molecular weight is 607 g/mol. The van der Waals surface area contributed by atoms with Crippen LogP contribution in [0.25, 0.3) is 22.0 Å². The van der Waals surface area contributed by atoms with Crippen LogP contribution in [0.5, 0.6) is 5.75 Å². The van der Waals surface area contributed by atoms with Gasteiger partial charge in [-0.2, -0.15) is 0 Å². The first-order chi connectivity index (χ1) is 20.1. The summed E-state index contributed by atoms with van der Waals surface area (Å²) in [4.78, 5) is 8.86. The number of ether oxygens (including phenoxy) is 1. The Hall–Kier alpha value is -3.99. The summed E-state index contributed by atoms with van der Waals surface area (Å²) in [5.41, 5.74) is 3.01. The average Bonchev–Trinajstić information content (AvgIpc) is 3.43. The summed E-state index contributed by atoms with van der Waals surface area (Å²) in [6.07, 6.45) is 5.79. The monoisotopic (exact) mass is 606 g/mol. The predicted molar refractivity (Wildman–Crippen MR) is 161 cm³/mol. The molecular formula is C31H28ClFN4O4S. The van der Waals surface area contributed by atoms with Crippen molar-refractivity contribution in [2.45, 2.75) is 31.6 Å². The van der Waals surface area contributed by atoms with Gasteiger partial charge in [0.15, 0.2) is 9.84 Å². The SMILES string of the molecule is O=S1(=O)CCC(O)(Cn2ccc(-c3ccc4ncnc(Nc5ccc(OCc6cccc(F)c6)c(Cl)c5)c4c3)c2)CC1. The van der Waals surface area contributed by atoms with Gasteiger partial charge in [-0.15, -0.1) is 0 Å². The van der Waals surface area contributed by atoms with Gasteiger partial charge < -0.3 is 19.7 Å². The number of nitrogens with one attached hydrogen (secondary N) is 1. The minimum absolute atomic E-state index is 0.00789. The summed E-state index contributed by atoms with van der Waals surface area (Å²) in [6.45, 7) is 0.515. The van der Waals surface area contributed by atoms with Gasteiger partial charge in [0.05, 0.1) is 34.2 Å². The summed E-state index contributed by atoms with van der Waals surface area (Å²) in [5, 5.41) is 15.5. The molecular weight excluding hydrogens is 579 g/mol. The lowest BCUT2D eigenvalue weighted by molar-refractivity contribution is 0.0134. The van der Waals surface area contributed by atoms with E-state index in [0.29, 0.717) is 34.4 Å². The van der Waals surface area contributed by atoms with Crippen LogP contribution in [0, 0.1) is 5.82 Å². The zero-order chi connectivity index (χ0) is 29.3. The van der Waals surface area contributed by atoms with E-state index in [9.17, 15) is 17.9 Å². The lowest BCUT2D eigenvalue weighted by atomic mass is 9.97. The third kappa shape index (κ3) is 6.41. The quantitative estimate of drug-likeness (QED) is 0.218. The van der Waals surface area contributed by atoms with E-state index in [-0.39, 0.29) is 36.8 Å². The van der Waals surface area contributed by atoms with Crippen LogP contribution in [0.15, 0.2) is 85.5 Å². The number of nitrogens with zero attached hydrogens (tertiary/aromatic N) is 3. The third-order valence-corrected chi connectivity index (χ3v) is 9.38. The van der Waals surface area contributed by atoms with Crippen molar-refractivity contribution in [2.24, 2.45) is 0 Å². The highest BCUT2D eigenvalue weighted by Crippen LogP contribution is 2.33. The molecule has 11 heteroatoms. The Bertz CT molecular complexity index is 1860. The number of hydrogen-bond donors (Lipinski definition) is 2. The Labute approximate surface area is 247 Å². The van der Waals surface area contributed by atoms with Crippen molar-refractivity contribution in [1.82, 2.24) is 14.5 Å². The van der Waals surface area contributed by atoms with Crippen LogP contribution in [0.1, 0.15) is 18.4 Å². The summed E-state index contributed by atoms with van der Waals surface area (Å²) >= 11 is 6.49. The maximum Gasteiger partial charge on any atom is 0.150 e. The highest BCUT2D eigenvalue weighted by atomic mass is 35.5. The molecule has 2 N–H and O–H groups in total. The van der Waals surface area contributed by atoms with Crippen molar-refractivity contribution in [3.8, 4) is 16.9 Å². The highest BCUT2D eigenvalue weighted by Gasteiger charge is 2.35. The van der Waals surface area contributed by atoms with Crippen molar-refractivity contribution in [3.63, 3.8) is 0 Å². The van der Waals surface area contributed by atoms with Gasteiger partial charge in [-0.3, -0.25) is 0 Å². The molecule has 0 spiro atoms. The van der Waals surface area contributed by atoms with Crippen LogP contribution in [0.3, 0.4) is 0 Å². The second kappa shape index (κ2) is 11.4. The van der Waals surface area contributed by atoms with E-state index < -0.39 is 15.4 Å². The first-order valence-electron chi connectivity index (χ1n) is 13.4. The molecule has 8 nitrogen and oxygen atoms in total. The molecule has 0 radical (unpaired) electrons. The van der Waals surface area contributed by atoms with Crippen molar-refractivity contribution in [2.75, 3.05) is 16.8 Å². The van der Waals surface area contributed by atoms with Crippen molar-refractivity contribution in [1.29, 1.82) is 0 Å². The van der Waals surface area contributed by atoms with Gasteiger partial charge >= 0.3 is 0 Å². The van der Waals surface area contributed by atoms with Crippen LogP contribution in [-0.4, -0.2) is 45.2 Å². The molecule has 0 aliphatic carbocycles. The van der Waals surface area contributed by atoms with Gasteiger partial charge in [-0.05, 0) is 78.1 Å². The van der Waals surface area contributed by atoms with E-state index in [1.54, 1.807) is 24.3 Å². The molecule has 42 heavy (non-hydrogen) atoms. The summed E-state index contributed by atoms with van der Waals surface area (Å²) in [5.74, 6) is 0.771. The van der Waals surface area contributed by atoms with Crippen molar-refractivity contribution in [3.05, 3.63) is 102 Å².